The Labute approximate surface area is 186 Å². The molecule has 6 nitrogen and oxygen atoms in total. The molecule has 2 aromatic carbocycles. The van der Waals surface area contributed by atoms with Gasteiger partial charge in [-0.2, -0.15) is 0 Å². The maximum Gasteiger partial charge on any atom is 0.307 e. The normalized spacial score (nSPS) is 17.6. The number of aliphatic carboxylic acids is 1. The minimum atomic E-state index is -0.909. The first-order valence-electron chi connectivity index (χ1n) is 10.7. The third kappa shape index (κ3) is 4.91. The summed E-state index contributed by atoms with van der Waals surface area (Å²) in [6, 6.07) is 20.4. The van der Waals surface area contributed by atoms with E-state index in [9.17, 15) is 19.5 Å². The molecule has 0 unspecified atom stereocenters. The van der Waals surface area contributed by atoms with E-state index in [1.165, 1.54) is 0 Å². The van der Waals surface area contributed by atoms with E-state index in [1.54, 1.807) is 12.3 Å². The Kier molecular flexibility index (Phi) is 6.40. The van der Waals surface area contributed by atoms with Gasteiger partial charge in [-0.25, -0.2) is 0 Å². The number of nitrogens with one attached hydrogen (secondary N) is 1. The quantitative estimate of drug-likeness (QED) is 0.536. The second-order valence-electron chi connectivity index (χ2n) is 8.07. The highest BCUT2D eigenvalue weighted by Crippen LogP contribution is 2.34. The highest BCUT2D eigenvalue weighted by Gasteiger charge is 2.38. The first-order chi connectivity index (χ1) is 15.5. The number of aromatic nitrogens is 1. The topological polar surface area (TPSA) is 96.4 Å². The Morgan fingerprint density at radius 2 is 1.56 bits per heavy atom. The van der Waals surface area contributed by atoms with Crippen LogP contribution in [0.5, 0.6) is 0 Å². The van der Waals surface area contributed by atoms with Gasteiger partial charge in [0, 0.05) is 23.4 Å². The largest absolute Gasteiger partial charge is 0.481 e. The van der Waals surface area contributed by atoms with E-state index in [1.807, 2.05) is 60.7 Å². The van der Waals surface area contributed by atoms with E-state index >= 15 is 0 Å². The molecule has 1 fully saturated rings. The summed E-state index contributed by atoms with van der Waals surface area (Å²) in [7, 11) is 0. The van der Waals surface area contributed by atoms with Gasteiger partial charge in [0.1, 0.15) is 5.69 Å². The smallest absolute Gasteiger partial charge is 0.307 e. The van der Waals surface area contributed by atoms with Crippen LogP contribution in [-0.4, -0.2) is 27.8 Å². The first kappa shape index (κ1) is 21.4. The molecule has 0 saturated heterocycles. The molecule has 2 N–H and O–H groups in total. The molecule has 6 heteroatoms. The van der Waals surface area contributed by atoms with E-state index in [0.29, 0.717) is 30.6 Å². The number of carbonyl (C=O) groups excluding carboxylic acids is 2. The maximum atomic E-state index is 12.7. The number of benzene rings is 2. The molecule has 0 spiro atoms. The number of carbonyl (C=O) groups is 3. The average molecular weight is 428 g/mol. The van der Waals surface area contributed by atoms with Crippen molar-refractivity contribution in [2.45, 2.75) is 25.7 Å². The summed E-state index contributed by atoms with van der Waals surface area (Å²) in [6.07, 6.45) is 3.82. The Balaban J connectivity index is 1.39. The summed E-state index contributed by atoms with van der Waals surface area (Å²) in [6.45, 7) is 0. The van der Waals surface area contributed by atoms with Gasteiger partial charge in [0.05, 0.1) is 12.3 Å². The lowest BCUT2D eigenvalue weighted by atomic mass is 9.90. The standard InChI is InChI=1S/C26H24N2O4/c29-24(15-17-5-2-1-3-6-17)28-20-12-9-18(10-13-20)19-11-14-23(27-16-19)25(30)21-7-4-8-22(21)26(31)32/h1-3,5-6,9-14,16,21-22H,4,7-8,15H2,(H,28,29)(H,31,32)/t21-,22-/m0/s1. The zero-order valence-corrected chi connectivity index (χ0v) is 17.5. The van der Waals surface area contributed by atoms with Crippen LogP contribution < -0.4 is 5.32 Å². The average Bonchev–Trinajstić information content (AvgIpc) is 3.30. The third-order valence-corrected chi connectivity index (χ3v) is 5.90. The van der Waals surface area contributed by atoms with Crippen LogP contribution in [0.1, 0.15) is 35.3 Å². The van der Waals surface area contributed by atoms with Crippen LogP contribution in [0.2, 0.25) is 0 Å². The second kappa shape index (κ2) is 9.56. The van der Waals surface area contributed by atoms with Crippen molar-refractivity contribution in [3.05, 3.63) is 84.2 Å². The van der Waals surface area contributed by atoms with Crippen molar-refractivity contribution in [1.82, 2.24) is 4.98 Å². The first-order valence-corrected chi connectivity index (χ1v) is 10.7. The molecule has 2 atom stereocenters. The minimum absolute atomic E-state index is 0.0833. The van der Waals surface area contributed by atoms with Crippen molar-refractivity contribution >= 4 is 23.3 Å². The number of rotatable bonds is 7. The van der Waals surface area contributed by atoms with Crippen molar-refractivity contribution in [3.8, 4) is 11.1 Å². The number of hydrogen-bond acceptors (Lipinski definition) is 4. The lowest BCUT2D eigenvalue weighted by Gasteiger charge is -2.14. The summed E-state index contributed by atoms with van der Waals surface area (Å²) in [5.41, 5.74) is 3.70. The molecule has 1 heterocycles. The van der Waals surface area contributed by atoms with Crippen LogP contribution >= 0.6 is 0 Å². The Morgan fingerprint density at radius 1 is 0.875 bits per heavy atom. The number of amides is 1. The molecular weight excluding hydrogens is 404 g/mol. The van der Waals surface area contributed by atoms with Gasteiger partial charge in [0.2, 0.25) is 5.91 Å². The van der Waals surface area contributed by atoms with Crippen LogP contribution in [0.15, 0.2) is 72.9 Å². The fourth-order valence-corrected chi connectivity index (χ4v) is 4.20. The number of hydrogen-bond donors (Lipinski definition) is 2. The fraction of sp³-hybridized carbons (Fsp3) is 0.231. The Bertz CT molecular complexity index is 1110. The number of Topliss-reactive ketones (excluding diaryl/α,β-unsaturated/α-hetero) is 1. The van der Waals surface area contributed by atoms with Crippen LogP contribution in [0.25, 0.3) is 11.1 Å². The highest BCUT2D eigenvalue weighted by molar-refractivity contribution is 5.99. The fourth-order valence-electron chi connectivity index (χ4n) is 4.20. The summed E-state index contributed by atoms with van der Waals surface area (Å²) in [5, 5.41) is 12.2. The molecule has 4 rings (SSSR count). The van der Waals surface area contributed by atoms with Gasteiger partial charge in [-0.3, -0.25) is 19.4 Å². The van der Waals surface area contributed by atoms with Gasteiger partial charge in [-0.1, -0.05) is 55.0 Å². The zero-order valence-electron chi connectivity index (χ0n) is 17.5. The van der Waals surface area contributed by atoms with Crippen LogP contribution in [-0.2, 0) is 16.0 Å². The zero-order chi connectivity index (χ0) is 22.5. The van der Waals surface area contributed by atoms with Crippen molar-refractivity contribution in [2.75, 3.05) is 5.32 Å². The molecular formula is C26H24N2O4. The molecule has 3 aromatic rings. The van der Waals surface area contributed by atoms with Crippen molar-refractivity contribution < 1.29 is 19.5 Å². The lowest BCUT2D eigenvalue weighted by Crippen LogP contribution is -2.25. The molecule has 1 saturated carbocycles. The summed E-state index contributed by atoms with van der Waals surface area (Å²) in [4.78, 5) is 40.6. The van der Waals surface area contributed by atoms with Gasteiger partial charge in [0.15, 0.2) is 5.78 Å². The molecule has 0 radical (unpaired) electrons. The predicted octanol–water partition coefficient (Wildman–Crippen LogP) is 4.61. The molecule has 0 bridgehead atoms. The van der Waals surface area contributed by atoms with E-state index in [2.05, 4.69) is 10.3 Å². The monoisotopic (exact) mass is 428 g/mol. The van der Waals surface area contributed by atoms with Gasteiger partial charge >= 0.3 is 5.97 Å². The van der Waals surface area contributed by atoms with Crippen LogP contribution in [0.4, 0.5) is 5.69 Å². The van der Waals surface area contributed by atoms with E-state index in [0.717, 1.165) is 23.1 Å². The summed E-state index contributed by atoms with van der Waals surface area (Å²) < 4.78 is 0. The van der Waals surface area contributed by atoms with E-state index < -0.39 is 17.8 Å². The Hall–Kier alpha value is -3.80. The molecule has 1 aliphatic rings. The molecule has 1 amide bonds. The van der Waals surface area contributed by atoms with Crippen LogP contribution in [0.3, 0.4) is 0 Å². The summed E-state index contributed by atoms with van der Waals surface area (Å²) in [5.74, 6) is -2.30. The SMILES string of the molecule is O=C(Cc1ccccc1)Nc1ccc(-c2ccc(C(=O)[C@H]3CCC[C@@H]3C(=O)O)nc2)cc1. The number of anilines is 1. The molecule has 1 aromatic heterocycles. The number of pyridine rings is 1. The number of carboxylic acid groups (broad SMARTS) is 1. The number of carboxylic acids is 1. The molecule has 162 valence electrons. The number of nitrogens with zero attached hydrogens (tertiary/aromatic N) is 1. The molecule has 0 aliphatic heterocycles. The predicted molar refractivity (Wildman–Crippen MR) is 121 cm³/mol. The Morgan fingerprint density at radius 3 is 2.22 bits per heavy atom. The van der Waals surface area contributed by atoms with Crippen LogP contribution in [0, 0.1) is 11.8 Å². The number of ketones is 1. The lowest BCUT2D eigenvalue weighted by molar-refractivity contribution is -0.142. The van der Waals surface area contributed by atoms with Gasteiger partial charge in [-0.15, -0.1) is 0 Å². The minimum Gasteiger partial charge on any atom is -0.481 e. The van der Waals surface area contributed by atoms with E-state index in [4.69, 9.17) is 0 Å². The highest BCUT2D eigenvalue weighted by atomic mass is 16.4. The van der Waals surface area contributed by atoms with Gasteiger partial charge in [0.25, 0.3) is 0 Å². The van der Waals surface area contributed by atoms with E-state index in [-0.39, 0.29) is 11.7 Å². The third-order valence-electron chi connectivity index (χ3n) is 5.90. The van der Waals surface area contributed by atoms with Crippen molar-refractivity contribution in [2.24, 2.45) is 11.8 Å². The maximum absolute atomic E-state index is 12.7. The van der Waals surface area contributed by atoms with Crippen molar-refractivity contribution in [3.63, 3.8) is 0 Å². The molecule has 32 heavy (non-hydrogen) atoms. The van der Waals surface area contributed by atoms with Gasteiger partial charge < -0.3 is 10.4 Å². The van der Waals surface area contributed by atoms with Crippen molar-refractivity contribution in [1.29, 1.82) is 0 Å². The molecule has 1 aliphatic carbocycles. The summed E-state index contributed by atoms with van der Waals surface area (Å²) >= 11 is 0. The second-order valence-corrected chi connectivity index (χ2v) is 8.07. The van der Waals surface area contributed by atoms with Gasteiger partial charge in [-0.05, 0) is 42.2 Å².